The van der Waals surface area contributed by atoms with Gasteiger partial charge < -0.3 is 10.3 Å². The summed E-state index contributed by atoms with van der Waals surface area (Å²) in [6.07, 6.45) is 1.65. The highest BCUT2D eigenvalue weighted by atomic mass is 14.9. The fraction of sp³-hybridized carbons (Fsp3) is 0.200. The van der Waals surface area contributed by atoms with Crippen LogP contribution >= 0.6 is 0 Å². The molecule has 4 heteroatoms. The highest BCUT2D eigenvalue weighted by molar-refractivity contribution is 5.75. The smallest absolute Gasteiger partial charge is 0.121 e. The number of nitrogens with one attached hydrogen (secondary N) is 2. The molecule has 2 rings (SSSR count). The summed E-state index contributed by atoms with van der Waals surface area (Å²) in [4.78, 5) is 7.13. The standard InChI is InChI=1S/C10H10N4/c1-12-10(5-11)7-2-3-8-9(4-7)14-6-13-8/h2-4,6,10,12H,1H3,(H,13,14). The summed E-state index contributed by atoms with van der Waals surface area (Å²) >= 11 is 0. The maximum atomic E-state index is 8.86. The minimum absolute atomic E-state index is 0.261. The van der Waals surface area contributed by atoms with Crippen molar-refractivity contribution in [3.63, 3.8) is 0 Å². The molecule has 1 atom stereocenters. The van der Waals surface area contributed by atoms with E-state index in [1.807, 2.05) is 18.2 Å². The van der Waals surface area contributed by atoms with E-state index in [2.05, 4.69) is 21.4 Å². The fourth-order valence-corrected chi connectivity index (χ4v) is 1.44. The van der Waals surface area contributed by atoms with E-state index < -0.39 is 0 Å². The zero-order valence-corrected chi connectivity index (χ0v) is 7.78. The molecule has 0 aliphatic heterocycles. The van der Waals surface area contributed by atoms with Gasteiger partial charge in [0.2, 0.25) is 0 Å². The Kier molecular flexibility index (Phi) is 2.17. The molecule has 0 spiro atoms. The van der Waals surface area contributed by atoms with Gasteiger partial charge in [-0.3, -0.25) is 0 Å². The Morgan fingerprint density at radius 3 is 3.14 bits per heavy atom. The van der Waals surface area contributed by atoms with Crippen molar-refractivity contribution in [1.29, 1.82) is 5.26 Å². The lowest BCUT2D eigenvalue weighted by molar-refractivity contribution is 0.728. The Labute approximate surface area is 81.6 Å². The Bertz CT molecular complexity index is 480. The summed E-state index contributed by atoms with van der Waals surface area (Å²) in [6.45, 7) is 0. The van der Waals surface area contributed by atoms with Crippen LogP contribution in [0.2, 0.25) is 0 Å². The average Bonchev–Trinajstić information content (AvgIpc) is 2.66. The predicted molar refractivity (Wildman–Crippen MR) is 53.5 cm³/mol. The van der Waals surface area contributed by atoms with E-state index >= 15 is 0 Å². The first-order valence-electron chi connectivity index (χ1n) is 4.35. The van der Waals surface area contributed by atoms with E-state index in [0.717, 1.165) is 16.6 Å². The Morgan fingerprint density at radius 2 is 2.43 bits per heavy atom. The third kappa shape index (κ3) is 1.34. The molecule has 1 aromatic heterocycles. The van der Waals surface area contributed by atoms with E-state index in [0.29, 0.717) is 0 Å². The van der Waals surface area contributed by atoms with Gasteiger partial charge in [-0.1, -0.05) is 6.07 Å². The van der Waals surface area contributed by atoms with Crippen LogP contribution in [0.1, 0.15) is 11.6 Å². The summed E-state index contributed by atoms with van der Waals surface area (Å²) in [5.74, 6) is 0. The van der Waals surface area contributed by atoms with Crippen LogP contribution in [0, 0.1) is 11.3 Å². The SMILES string of the molecule is CNC(C#N)c1ccc2nc[nH]c2c1. The summed E-state index contributed by atoms with van der Waals surface area (Å²) in [7, 11) is 1.77. The molecule has 14 heavy (non-hydrogen) atoms. The number of nitriles is 1. The lowest BCUT2D eigenvalue weighted by Crippen LogP contribution is -2.13. The van der Waals surface area contributed by atoms with Crippen molar-refractivity contribution in [2.75, 3.05) is 7.05 Å². The molecule has 0 aliphatic carbocycles. The first-order valence-corrected chi connectivity index (χ1v) is 4.35. The topological polar surface area (TPSA) is 64.5 Å². The molecule has 4 nitrogen and oxygen atoms in total. The van der Waals surface area contributed by atoms with E-state index in [9.17, 15) is 0 Å². The van der Waals surface area contributed by atoms with Crippen molar-refractivity contribution in [3.8, 4) is 6.07 Å². The molecule has 0 radical (unpaired) electrons. The van der Waals surface area contributed by atoms with E-state index in [1.165, 1.54) is 0 Å². The van der Waals surface area contributed by atoms with Crippen LogP contribution in [0.3, 0.4) is 0 Å². The molecular formula is C10H10N4. The number of nitrogens with zero attached hydrogens (tertiary/aromatic N) is 2. The minimum atomic E-state index is -0.261. The lowest BCUT2D eigenvalue weighted by atomic mass is 10.1. The van der Waals surface area contributed by atoms with Gasteiger partial charge in [-0.2, -0.15) is 5.26 Å². The number of aromatic nitrogens is 2. The molecule has 0 saturated heterocycles. The monoisotopic (exact) mass is 186 g/mol. The van der Waals surface area contributed by atoms with Gasteiger partial charge in [0.25, 0.3) is 0 Å². The van der Waals surface area contributed by atoms with Gasteiger partial charge in [0.1, 0.15) is 6.04 Å². The number of imidazole rings is 1. The predicted octanol–water partition coefficient (Wildman–Crippen LogP) is 1.35. The molecular weight excluding hydrogens is 176 g/mol. The number of benzene rings is 1. The van der Waals surface area contributed by atoms with Crippen LogP contribution < -0.4 is 5.32 Å². The van der Waals surface area contributed by atoms with Crippen molar-refractivity contribution in [1.82, 2.24) is 15.3 Å². The average molecular weight is 186 g/mol. The van der Waals surface area contributed by atoms with Gasteiger partial charge in [-0.25, -0.2) is 4.98 Å². The molecule has 2 aromatic rings. The Morgan fingerprint density at radius 1 is 1.57 bits per heavy atom. The summed E-state index contributed by atoms with van der Waals surface area (Å²) in [5, 5.41) is 11.8. The minimum Gasteiger partial charge on any atom is -0.345 e. The molecule has 0 aliphatic rings. The maximum absolute atomic E-state index is 8.86. The first-order chi connectivity index (χ1) is 6.85. The molecule has 0 bridgehead atoms. The van der Waals surface area contributed by atoms with E-state index in [-0.39, 0.29) is 6.04 Å². The third-order valence-corrected chi connectivity index (χ3v) is 2.20. The molecule has 0 saturated carbocycles. The van der Waals surface area contributed by atoms with Crippen molar-refractivity contribution in [2.24, 2.45) is 0 Å². The zero-order valence-electron chi connectivity index (χ0n) is 7.78. The largest absolute Gasteiger partial charge is 0.345 e. The normalized spacial score (nSPS) is 12.6. The quantitative estimate of drug-likeness (QED) is 0.744. The van der Waals surface area contributed by atoms with Crippen molar-refractivity contribution in [2.45, 2.75) is 6.04 Å². The number of hydrogen-bond donors (Lipinski definition) is 2. The van der Waals surface area contributed by atoms with Crippen LogP contribution in [0.15, 0.2) is 24.5 Å². The van der Waals surface area contributed by atoms with Crippen molar-refractivity contribution in [3.05, 3.63) is 30.1 Å². The number of fused-ring (bicyclic) bond motifs is 1. The summed E-state index contributed by atoms with van der Waals surface area (Å²) < 4.78 is 0. The Hall–Kier alpha value is -1.86. The second-order valence-electron chi connectivity index (χ2n) is 3.03. The fourth-order valence-electron chi connectivity index (χ4n) is 1.44. The number of H-pyrrole nitrogens is 1. The van der Waals surface area contributed by atoms with Crippen LogP contribution in [0.25, 0.3) is 11.0 Å². The Balaban J connectivity index is 2.48. The van der Waals surface area contributed by atoms with E-state index in [4.69, 9.17) is 5.26 Å². The van der Waals surface area contributed by atoms with Gasteiger partial charge in [-0.05, 0) is 24.7 Å². The van der Waals surface area contributed by atoms with Crippen LogP contribution in [-0.4, -0.2) is 17.0 Å². The summed E-state index contributed by atoms with van der Waals surface area (Å²) in [6, 6.07) is 7.67. The van der Waals surface area contributed by atoms with Crippen molar-refractivity contribution >= 4 is 11.0 Å². The van der Waals surface area contributed by atoms with Crippen LogP contribution in [-0.2, 0) is 0 Å². The number of aromatic amines is 1. The zero-order chi connectivity index (χ0) is 9.97. The summed E-state index contributed by atoms with van der Waals surface area (Å²) in [5.41, 5.74) is 2.83. The van der Waals surface area contributed by atoms with Gasteiger partial charge in [-0.15, -0.1) is 0 Å². The molecule has 1 heterocycles. The van der Waals surface area contributed by atoms with Gasteiger partial charge in [0.05, 0.1) is 23.4 Å². The highest BCUT2D eigenvalue weighted by Crippen LogP contribution is 2.16. The lowest BCUT2D eigenvalue weighted by Gasteiger charge is -2.06. The molecule has 0 fully saturated rings. The maximum Gasteiger partial charge on any atom is 0.121 e. The van der Waals surface area contributed by atoms with Crippen LogP contribution in [0.5, 0.6) is 0 Å². The van der Waals surface area contributed by atoms with Gasteiger partial charge >= 0.3 is 0 Å². The second kappa shape index (κ2) is 3.48. The molecule has 1 unspecified atom stereocenters. The van der Waals surface area contributed by atoms with Crippen molar-refractivity contribution < 1.29 is 0 Å². The molecule has 1 aromatic carbocycles. The number of hydrogen-bond acceptors (Lipinski definition) is 3. The molecule has 0 amide bonds. The van der Waals surface area contributed by atoms with Gasteiger partial charge in [0, 0.05) is 0 Å². The van der Waals surface area contributed by atoms with Crippen LogP contribution in [0.4, 0.5) is 0 Å². The first kappa shape index (κ1) is 8.73. The van der Waals surface area contributed by atoms with E-state index in [1.54, 1.807) is 13.4 Å². The third-order valence-electron chi connectivity index (χ3n) is 2.20. The van der Waals surface area contributed by atoms with Gasteiger partial charge in [0.15, 0.2) is 0 Å². The second-order valence-corrected chi connectivity index (χ2v) is 3.03. The highest BCUT2D eigenvalue weighted by Gasteiger charge is 2.08. The molecule has 70 valence electrons. The number of rotatable bonds is 2. The molecule has 2 N–H and O–H groups in total.